The van der Waals surface area contributed by atoms with Crippen LogP contribution in [0.5, 0.6) is 0 Å². The van der Waals surface area contributed by atoms with Gasteiger partial charge in [-0.3, -0.25) is 9.59 Å². The molecular weight excluding hydrogens is 785 g/mol. The molecule has 0 fully saturated rings. The van der Waals surface area contributed by atoms with Crippen molar-refractivity contribution in [1.29, 1.82) is 0 Å². The first kappa shape index (κ1) is 45.0. The van der Waals surface area contributed by atoms with Gasteiger partial charge in [0.25, 0.3) is 0 Å². The minimum atomic E-state index is -0.826. The molecule has 2 N–H and O–H groups in total. The molecule has 1 radical (unpaired) electrons. The van der Waals surface area contributed by atoms with Gasteiger partial charge < -0.3 is 10.5 Å². The molecule has 6 rings (SSSR count). The average Bonchev–Trinajstić information content (AvgIpc) is 3.80. The van der Waals surface area contributed by atoms with E-state index in [0.29, 0.717) is 12.8 Å². The third kappa shape index (κ3) is 12.3. The first-order valence-electron chi connectivity index (χ1n) is 18.7. The number of carbonyl (C=O) groups excluding carboxylic acids is 2. The van der Waals surface area contributed by atoms with Crippen molar-refractivity contribution in [2.24, 2.45) is 0 Å². The van der Waals surface area contributed by atoms with Crippen LogP contribution in [0.2, 0.25) is 0 Å². The van der Waals surface area contributed by atoms with E-state index in [4.69, 9.17) is 17.0 Å². The second kappa shape index (κ2) is 23.5. The molecule has 0 aliphatic rings. The summed E-state index contributed by atoms with van der Waals surface area (Å²) in [4.78, 5) is 18.8. The van der Waals surface area contributed by atoms with Crippen LogP contribution in [0.3, 0.4) is 0 Å². The van der Waals surface area contributed by atoms with Gasteiger partial charge in [-0.15, -0.1) is 69.1 Å². The third-order valence-electron chi connectivity index (χ3n) is 10.3. The molecule has 0 aromatic heterocycles. The number of nitrogens with one attached hydrogen (secondary N) is 2. The van der Waals surface area contributed by atoms with E-state index in [9.17, 15) is 9.59 Å². The Balaban J connectivity index is 0.000000233. The molecule has 0 heterocycles. The van der Waals surface area contributed by atoms with Gasteiger partial charge in [-0.25, -0.2) is 0 Å². The van der Waals surface area contributed by atoms with Crippen LogP contribution >= 0.6 is 17.0 Å². The second-order valence-corrected chi connectivity index (χ2v) is 17.4. The van der Waals surface area contributed by atoms with Gasteiger partial charge in [-0.05, 0) is 98.9 Å². The van der Waals surface area contributed by atoms with Crippen LogP contribution in [0.1, 0.15) is 84.0 Å². The van der Waals surface area contributed by atoms with Crippen molar-refractivity contribution in [3.05, 3.63) is 129 Å². The number of carbonyl (C=O) groups is 2. The zero-order valence-electron chi connectivity index (χ0n) is 33.1. The number of fused-ring (bicyclic) bond motifs is 2. The monoisotopic (exact) mass is 837 g/mol. The number of hydrogen-bond donors (Lipinski definition) is 2. The molecule has 0 aliphatic heterocycles. The van der Waals surface area contributed by atoms with Gasteiger partial charge in [-0.2, -0.15) is 12.1 Å². The minimum absolute atomic E-state index is 0.455. The van der Waals surface area contributed by atoms with Crippen molar-refractivity contribution >= 4 is 58.9 Å². The average molecular weight is 840 g/mol. The number of unbranched alkanes of at least 4 members (excludes halogenated alkanes) is 2. The van der Waals surface area contributed by atoms with Crippen LogP contribution < -0.4 is 10.5 Å². The van der Waals surface area contributed by atoms with Crippen molar-refractivity contribution < 1.29 is 30.4 Å². The molecule has 0 aliphatic carbocycles. The molecule has 281 valence electrons. The van der Waals surface area contributed by atoms with E-state index in [1.54, 1.807) is 0 Å². The molecule has 0 unspecified atom stereocenters. The zero-order valence-corrected chi connectivity index (χ0v) is 37.1. The summed E-state index contributed by atoms with van der Waals surface area (Å²) in [6, 6.07) is 32.0. The summed E-state index contributed by atoms with van der Waals surface area (Å²) < 4.78 is 0. The van der Waals surface area contributed by atoms with Gasteiger partial charge in [0, 0.05) is 0 Å². The number of halogens is 2. The van der Waals surface area contributed by atoms with Crippen LogP contribution in [0.15, 0.2) is 84.9 Å². The Bertz CT molecular complexity index is 1960. The van der Waals surface area contributed by atoms with Gasteiger partial charge in [0.2, 0.25) is 0 Å². The predicted octanol–water partition coefficient (Wildman–Crippen LogP) is 12.4. The summed E-state index contributed by atoms with van der Waals surface area (Å²) in [5, 5.41) is 9.76. The standard InChI is InChI=1S/2C22H25.C2H4BN2O2.2ClH.Zr/c2*1-5-6-8-18-13-19-9-7-10-21(22(19)14-18)20-12-11-15(2)16(3)17(20)4;6-1-4-3-5-2-7;;;/h2*7,9-14H,5-6,8H2,1-4H3;1-2H,(H,4,6)(H,5,7);2*1H;/q2*-1;;;;+4/p-2. The first-order valence-corrected chi connectivity index (χ1v) is 25.1. The fourth-order valence-electron chi connectivity index (χ4n) is 6.73. The summed E-state index contributed by atoms with van der Waals surface area (Å²) in [6.07, 6.45) is 8.35. The molecule has 0 spiro atoms. The topological polar surface area (TPSA) is 58.2 Å². The van der Waals surface area contributed by atoms with Crippen molar-refractivity contribution in [3.63, 3.8) is 0 Å². The van der Waals surface area contributed by atoms with Gasteiger partial charge in [0.1, 0.15) is 0 Å². The van der Waals surface area contributed by atoms with Crippen LogP contribution in [-0.4, -0.2) is 20.4 Å². The third-order valence-corrected chi connectivity index (χ3v) is 10.3. The maximum atomic E-state index is 9.38. The Hall–Kier alpha value is -3.43. The quantitative estimate of drug-likeness (QED) is 0.0558. The van der Waals surface area contributed by atoms with Gasteiger partial charge >= 0.3 is 45.4 Å². The molecule has 0 saturated carbocycles. The number of rotatable bonds is 12. The molecule has 4 nitrogen and oxygen atoms in total. The molecule has 8 heteroatoms. The number of hydrogen-bond acceptors (Lipinski definition) is 2. The van der Waals surface area contributed by atoms with Crippen LogP contribution in [0, 0.1) is 41.5 Å². The summed E-state index contributed by atoms with van der Waals surface area (Å²) in [7, 11) is 11.0. The zero-order chi connectivity index (χ0) is 39.6. The van der Waals surface area contributed by atoms with Gasteiger partial charge in [0.05, 0.1) is 0 Å². The molecule has 54 heavy (non-hydrogen) atoms. The Morgan fingerprint density at radius 2 is 0.981 bits per heavy atom. The number of benzene rings is 4. The van der Waals surface area contributed by atoms with Crippen molar-refractivity contribution in [3.8, 4) is 22.3 Å². The van der Waals surface area contributed by atoms with Crippen LogP contribution in [0.25, 0.3) is 43.8 Å². The Kier molecular flexibility index (Phi) is 19.5. The molecule has 0 saturated heterocycles. The Morgan fingerprint density at radius 3 is 1.33 bits per heavy atom. The summed E-state index contributed by atoms with van der Waals surface area (Å²) in [5.41, 5.74) is 16.8. The SMILES string of the molecule is CCCCc1cc2c(-c3ccc(C)c(C)c3C)cccc2[cH-]1.CCCCc1cc2c(-c3ccc(C)c(C)c3C)cccc2[cH-]1.O=CN[B]NC=O.[Cl][Zr+2][Cl]. The number of amides is 2. The molecule has 0 bridgehead atoms. The normalized spacial score (nSPS) is 10.2. The number of aryl methyl sites for hydroxylation is 4. The van der Waals surface area contributed by atoms with Crippen LogP contribution in [-0.2, 0) is 43.3 Å². The van der Waals surface area contributed by atoms with Gasteiger partial charge in [-0.1, -0.05) is 87.1 Å². The summed E-state index contributed by atoms with van der Waals surface area (Å²) in [6.45, 7) is 17.8. The van der Waals surface area contributed by atoms with Crippen molar-refractivity contribution in [2.75, 3.05) is 0 Å². The molecule has 6 aromatic carbocycles. The van der Waals surface area contributed by atoms with E-state index in [1.807, 2.05) is 0 Å². The van der Waals surface area contributed by atoms with Gasteiger partial charge in [0.15, 0.2) is 12.8 Å². The van der Waals surface area contributed by atoms with E-state index in [0.717, 1.165) is 7.55 Å². The fourth-order valence-corrected chi connectivity index (χ4v) is 6.73. The Morgan fingerprint density at radius 1 is 0.593 bits per heavy atom. The van der Waals surface area contributed by atoms with E-state index in [1.165, 1.54) is 127 Å². The fraction of sp³-hybridized carbons (Fsp3) is 0.304. The predicted molar refractivity (Wildman–Crippen MR) is 231 cm³/mol. The molecule has 2 amide bonds. The molecular formula is C46H54BCl2N2O2Zr. The van der Waals surface area contributed by atoms with Crippen LogP contribution in [0.4, 0.5) is 0 Å². The molecule has 0 atom stereocenters. The molecule has 6 aromatic rings. The second-order valence-electron chi connectivity index (χ2n) is 13.7. The van der Waals surface area contributed by atoms with E-state index in [2.05, 4.69) is 151 Å². The first-order chi connectivity index (χ1) is 26.1. The van der Waals surface area contributed by atoms with E-state index in [-0.39, 0.29) is 0 Å². The Labute approximate surface area is 343 Å². The van der Waals surface area contributed by atoms with E-state index >= 15 is 0 Å². The summed E-state index contributed by atoms with van der Waals surface area (Å²) in [5.74, 6) is 0. The van der Waals surface area contributed by atoms with Crippen molar-refractivity contribution in [1.82, 2.24) is 10.5 Å². The van der Waals surface area contributed by atoms with Crippen molar-refractivity contribution in [2.45, 2.75) is 93.9 Å². The van der Waals surface area contributed by atoms with E-state index < -0.39 is 20.8 Å². The summed E-state index contributed by atoms with van der Waals surface area (Å²) >= 11 is -0.826. The maximum absolute atomic E-state index is 9.38.